The second-order valence-electron chi connectivity index (χ2n) is 3.79. The highest BCUT2D eigenvalue weighted by molar-refractivity contribution is 5.08. The summed E-state index contributed by atoms with van der Waals surface area (Å²) in [7, 11) is 0. The van der Waals surface area contributed by atoms with Gasteiger partial charge in [0.15, 0.2) is 0 Å². The smallest absolute Gasteiger partial charge is 0.0266 e. The Morgan fingerprint density at radius 1 is 1.50 bits per heavy atom. The van der Waals surface area contributed by atoms with E-state index in [1.807, 2.05) is 0 Å². The van der Waals surface area contributed by atoms with E-state index in [0.717, 1.165) is 17.3 Å². The summed E-state index contributed by atoms with van der Waals surface area (Å²) in [6.07, 6.45) is 4.54. The Morgan fingerprint density at radius 3 is 2.50 bits per heavy atom. The highest BCUT2D eigenvalue weighted by Crippen LogP contribution is 2.67. The lowest BCUT2D eigenvalue weighted by Crippen LogP contribution is -1.91. The van der Waals surface area contributed by atoms with Crippen molar-refractivity contribution in [1.29, 1.82) is 0 Å². The van der Waals surface area contributed by atoms with Crippen molar-refractivity contribution < 1.29 is 0 Å². The second-order valence-corrected chi connectivity index (χ2v) is 3.79. The van der Waals surface area contributed by atoms with Gasteiger partial charge >= 0.3 is 0 Å². The van der Waals surface area contributed by atoms with Crippen LogP contribution in [0.2, 0.25) is 0 Å². The average Bonchev–Trinajstić information content (AvgIpc) is 2.23. The summed E-state index contributed by atoms with van der Waals surface area (Å²) >= 11 is 0. The van der Waals surface area contributed by atoms with Gasteiger partial charge in [0.1, 0.15) is 0 Å². The monoisotopic (exact) mass is 110 g/mol. The topological polar surface area (TPSA) is 0 Å². The molecule has 0 aromatic heterocycles. The van der Waals surface area contributed by atoms with E-state index >= 15 is 0 Å². The molecular formula is C8H14. The molecule has 2 aliphatic carbocycles. The molecule has 8 heavy (non-hydrogen) atoms. The lowest BCUT2D eigenvalue weighted by Gasteiger charge is -2.01. The fourth-order valence-electron chi connectivity index (χ4n) is 2.61. The maximum Gasteiger partial charge on any atom is -0.0266 e. The molecule has 0 heteroatoms. The van der Waals surface area contributed by atoms with Crippen LogP contribution in [-0.2, 0) is 0 Å². The third-order valence-electron chi connectivity index (χ3n) is 3.61. The summed E-state index contributed by atoms with van der Waals surface area (Å²) in [4.78, 5) is 0. The Balaban J connectivity index is 2.18. The molecule has 0 saturated heterocycles. The molecule has 0 nitrogen and oxygen atoms in total. The molecule has 0 N–H and O–H groups in total. The van der Waals surface area contributed by atoms with Crippen LogP contribution < -0.4 is 0 Å². The average molecular weight is 110 g/mol. The zero-order valence-corrected chi connectivity index (χ0v) is 5.78. The van der Waals surface area contributed by atoms with Gasteiger partial charge in [0.2, 0.25) is 0 Å². The van der Waals surface area contributed by atoms with Crippen molar-refractivity contribution in [2.45, 2.75) is 33.1 Å². The molecule has 0 bridgehead atoms. The minimum Gasteiger partial charge on any atom is -0.0617 e. The maximum atomic E-state index is 2.45. The summed E-state index contributed by atoms with van der Waals surface area (Å²) in [5, 5.41) is 0. The molecule has 0 aliphatic heterocycles. The first-order valence-electron chi connectivity index (χ1n) is 3.75. The molecule has 2 saturated carbocycles. The van der Waals surface area contributed by atoms with Gasteiger partial charge in [-0.1, -0.05) is 20.3 Å². The van der Waals surface area contributed by atoms with Crippen LogP contribution >= 0.6 is 0 Å². The van der Waals surface area contributed by atoms with Crippen LogP contribution in [0.1, 0.15) is 33.1 Å². The summed E-state index contributed by atoms with van der Waals surface area (Å²) in [6, 6.07) is 0. The van der Waals surface area contributed by atoms with Crippen LogP contribution in [0, 0.1) is 17.3 Å². The van der Waals surface area contributed by atoms with Gasteiger partial charge in [-0.15, -0.1) is 0 Å². The van der Waals surface area contributed by atoms with Crippen LogP contribution in [0.25, 0.3) is 0 Å². The second kappa shape index (κ2) is 1.12. The fourth-order valence-corrected chi connectivity index (χ4v) is 2.61. The predicted molar refractivity (Wildman–Crippen MR) is 34.6 cm³/mol. The van der Waals surface area contributed by atoms with E-state index in [9.17, 15) is 0 Å². The lowest BCUT2D eigenvalue weighted by molar-refractivity contribution is 0.494. The van der Waals surface area contributed by atoms with E-state index < -0.39 is 0 Å². The molecule has 0 radical (unpaired) electrons. The van der Waals surface area contributed by atoms with Crippen LogP contribution in [0.5, 0.6) is 0 Å². The molecule has 2 rings (SSSR count). The highest BCUT2D eigenvalue weighted by Gasteiger charge is 2.59. The summed E-state index contributed by atoms with van der Waals surface area (Å²) < 4.78 is 0. The van der Waals surface area contributed by atoms with Gasteiger partial charge in [0.05, 0.1) is 0 Å². The van der Waals surface area contributed by atoms with Crippen LogP contribution in [0.3, 0.4) is 0 Å². The summed E-state index contributed by atoms with van der Waals surface area (Å²) in [5.41, 5.74) is 0.819. The molecule has 0 aromatic rings. The van der Waals surface area contributed by atoms with E-state index in [0.29, 0.717) is 0 Å². The Bertz CT molecular complexity index is 117. The number of rotatable bonds is 0. The van der Waals surface area contributed by atoms with Gasteiger partial charge in [0, 0.05) is 0 Å². The zero-order chi connectivity index (χ0) is 5.78. The first kappa shape index (κ1) is 4.84. The van der Waals surface area contributed by atoms with Gasteiger partial charge in [-0.05, 0) is 30.1 Å². The Kier molecular flexibility index (Phi) is 0.678. The van der Waals surface area contributed by atoms with Gasteiger partial charge in [-0.25, -0.2) is 0 Å². The van der Waals surface area contributed by atoms with Crippen LogP contribution in [0.15, 0.2) is 0 Å². The Hall–Kier alpha value is 0. The van der Waals surface area contributed by atoms with Crippen molar-refractivity contribution in [3.05, 3.63) is 0 Å². The van der Waals surface area contributed by atoms with Crippen LogP contribution in [-0.4, -0.2) is 0 Å². The minimum absolute atomic E-state index is 0.819. The fraction of sp³-hybridized carbons (Fsp3) is 1.00. The highest BCUT2D eigenvalue weighted by atomic mass is 14.6. The minimum atomic E-state index is 0.819. The zero-order valence-electron chi connectivity index (χ0n) is 5.78. The molecule has 46 valence electrons. The van der Waals surface area contributed by atoms with Gasteiger partial charge in [-0.3, -0.25) is 0 Å². The quantitative estimate of drug-likeness (QED) is 0.449. The number of fused-ring (bicyclic) bond motifs is 1. The predicted octanol–water partition coefficient (Wildman–Crippen LogP) is 2.44. The lowest BCUT2D eigenvalue weighted by atomic mass is 10.0. The molecule has 0 aromatic carbocycles. The molecule has 0 amide bonds. The largest absolute Gasteiger partial charge is 0.0617 e. The van der Waals surface area contributed by atoms with Crippen molar-refractivity contribution in [1.82, 2.24) is 0 Å². The Labute approximate surface area is 51.3 Å². The summed E-state index contributed by atoms with van der Waals surface area (Å²) in [6.45, 7) is 4.86. The Morgan fingerprint density at radius 2 is 2.25 bits per heavy atom. The third kappa shape index (κ3) is 0.340. The molecular weight excluding hydrogens is 96.1 g/mol. The van der Waals surface area contributed by atoms with E-state index in [1.54, 1.807) is 0 Å². The van der Waals surface area contributed by atoms with E-state index in [2.05, 4.69) is 13.8 Å². The standard InChI is InChI=1S/C8H14/c1-6-7-4-3-5-8(6,7)2/h6-7H,3-5H2,1-2H3. The van der Waals surface area contributed by atoms with Crippen molar-refractivity contribution in [3.63, 3.8) is 0 Å². The third-order valence-corrected chi connectivity index (χ3v) is 3.61. The SMILES string of the molecule is CC1C2CCCC12C. The van der Waals surface area contributed by atoms with Crippen molar-refractivity contribution >= 4 is 0 Å². The van der Waals surface area contributed by atoms with Crippen LogP contribution in [0.4, 0.5) is 0 Å². The van der Waals surface area contributed by atoms with Crippen molar-refractivity contribution in [3.8, 4) is 0 Å². The van der Waals surface area contributed by atoms with E-state index in [1.165, 1.54) is 19.3 Å². The maximum absolute atomic E-state index is 2.45. The van der Waals surface area contributed by atoms with Gasteiger partial charge < -0.3 is 0 Å². The van der Waals surface area contributed by atoms with E-state index in [-0.39, 0.29) is 0 Å². The first-order valence-corrected chi connectivity index (χ1v) is 3.75. The summed E-state index contributed by atoms with van der Waals surface area (Å²) in [5.74, 6) is 2.19. The molecule has 2 aliphatic rings. The molecule has 2 fully saturated rings. The van der Waals surface area contributed by atoms with E-state index in [4.69, 9.17) is 0 Å². The molecule has 0 heterocycles. The normalized spacial score (nSPS) is 60.8. The first-order chi connectivity index (χ1) is 3.75. The molecule has 3 unspecified atom stereocenters. The van der Waals surface area contributed by atoms with Gasteiger partial charge in [0.25, 0.3) is 0 Å². The number of hydrogen-bond acceptors (Lipinski definition) is 0. The molecule has 3 atom stereocenters. The molecule has 0 spiro atoms. The van der Waals surface area contributed by atoms with Gasteiger partial charge in [-0.2, -0.15) is 0 Å². The van der Waals surface area contributed by atoms with Crippen molar-refractivity contribution in [2.24, 2.45) is 17.3 Å². The number of hydrogen-bond donors (Lipinski definition) is 0. The van der Waals surface area contributed by atoms with Crippen molar-refractivity contribution in [2.75, 3.05) is 0 Å².